The van der Waals surface area contributed by atoms with Crippen LogP contribution in [0.4, 0.5) is 0 Å². The van der Waals surface area contributed by atoms with Crippen LogP contribution in [-0.2, 0) is 5.41 Å². The number of aryl methyl sites for hydroxylation is 1. The van der Waals surface area contributed by atoms with Crippen LogP contribution >= 0.6 is 0 Å². The van der Waals surface area contributed by atoms with Gasteiger partial charge in [-0.25, -0.2) is 0 Å². The average Bonchev–Trinajstić information content (AvgIpc) is 3.87. The van der Waals surface area contributed by atoms with Crippen molar-refractivity contribution < 1.29 is 8.83 Å². The van der Waals surface area contributed by atoms with E-state index in [1.165, 1.54) is 22.3 Å². The first-order chi connectivity index (χ1) is 24.8. The predicted octanol–water partition coefficient (Wildman–Crippen LogP) is 11.7. The highest BCUT2D eigenvalue weighted by atomic mass is 16.4. The number of nitrogens with zero attached hydrogens (tertiary/aromatic N) is 4. The second kappa shape index (κ2) is 13.1. The van der Waals surface area contributed by atoms with Crippen LogP contribution in [0.15, 0.2) is 154 Å². The lowest BCUT2D eigenvalue weighted by atomic mass is 9.86. The van der Waals surface area contributed by atoms with Gasteiger partial charge in [-0.2, -0.15) is 0 Å². The third kappa shape index (κ3) is 6.77. The molecule has 0 saturated heterocycles. The van der Waals surface area contributed by atoms with Crippen molar-refractivity contribution in [3.63, 3.8) is 0 Å². The average molecular weight is 665 g/mol. The zero-order chi connectivity index (χ0) is 35.0. The fourth-order valence-electron chi connectivity index (χ4n) is 6.04. The summed E-state index contributed by atoms with van der Waals surface area (Å²) in [4.78, 5) is 0. The maximum atomic E-state index is 6.08. The Morgan fingerprint density at radius 3 is 0.784 bits per heavy atom. The van der Waals surface area contributed by atoms with Gasteiger partial charge in [0.25, 0.3) is 0 Å². The van der Waals surface area contributed by atoms with Crippen LogP contribution < -0.4 is 0 Å². The molecule has 8 aromatic rings. The fourth-order valence-corrected chi connectivity index (χ4v) is 6.04. The number of benzene rings is 6. The molecule has 0 unspecified atom stereocenters. The normalized spacial score (nSPS) is 11.5. The van der Waals surface area contributed by atoms with E-state index in [1.807, 2.05) is 48.5 Å². The van der Waals surface area contributed by atoms with Gasteiger partial charge in [-0.15, -0.1) is 20.4 Å². The minimum atomic E-state index is 0.129. The van der Waals surface area contributed by atoms with Gasteiger partial charge in [-0.1, -0.05) is 123 Å². The molecule has 0 fully saturated rings. The van der Waals surface area contributed by atoms with E-state index in [1.54, 1.807) is 0 Å². The minimum absolute atomic E-state index is 0.129. The van der Waals surface area contributed by atoms with E-state index in [2.05, 4.69) is 145 Å². The van der Waals surface area contributed by atoms with E-state index >= 15 is 0 Å². The number of hydrogen-bond donors (Lipinski definition) is 0. The summed E-state index contributed by atoms with van der Waals surface area (Å²) in [5.74, 6) is 1.93. The highest BCUT2D eigenvalue weighted by Crippen LogP contribution is 2.32. The van der Waals surface area contributed by atoms with Crippen LogP contribution in [0.5, 0.6) is 0 Å². The van der Waals surface area contributed by atoms with E-state index < -0.39 is 0 Å². The molecule has 2 aromatic heterocycles. The van der Waals surface area contributed by atoms with E-state index in [-0.39, 0.29) is 5.41 Å². The smallest absolute Gasteiger partial charge is 0.248 e. The van der Waals surface area contributed by atoms with Crippen LogP contribution in [-0.4, -0.2) is 20.4 Å². The van der Waals surface area contributed by atoms with Crippen LogP contribution in [0.1, 0.15) is 31.9 Å². The van der Waals surface area contributed by atoms with Gasteiger partial charge in [-0.05, 0) is 99.8 Å². The molecule has 0 bridgehead atoms. The van der Waals surface area contributed by atoms with Gasteiger partial charge in [0.05, 0.1) is 0 Å². The number of hydrogen-bond acceptors (Lipinski definition) is 6. The van der Waals surface area contributed by atoms with Gasteiger partial charge in [0.2, 0.25) is 23.6 Å². The van der Waals surface area contributed by atoms with Gasteiger partial charge in [-0.3, -0.25) is 0 Å². The second-order valence-corrected chi connectivity index (χ2v) is 13.8. The molecule has 0 saturated carbocycles. The van der Waals surface area contributed by atoms with Crippen LogP contribution in [0, 0.1) is 6.92 Å². The Balaban J connectivity index is 0.920. The quantitative estimate of drug-likeness (QED) is 0.169. The molecule has 0 aliphatic rings. The summed E-state index contributed by atoms with van der Waals surface area (Å²) in [6, 6.07) is 49.9. The summed E-state index contributed by atoms with van der Waals surface area (Å²) in [6.07, 6.45) is 0. The van der Waals surface area contributed by atoms with E-state index in [0.717, 1.165) is 44.5 Å². The third-order valence-electron chi connectivity index (χ3n) is 9.18. The highest BCUT2D eigenvalue weighted by Gasteiger charge is 2.15. The predicted molar refractivity (Wildman–Crippen MR) is 204 cm³/mol. The molecule has 0 N–H and O–H groups in total. The summed E-state index contributed by atoms with van der Waals surface area (Å²) >= 11 is 0. The van der Waals surface area contributed by atoms with Crippen molar-refractivity contribution in [1.29, 1.82) is 0 Å². The molecule has 6 heteroatoms. The van der Waals surface area contributed by atoms with Crippen LogP contribution in [0.25, 0.3) is 79.2 Å². The van der Waals surface area contributed by atoms with Crippen molar-refractivity contribution in [3.05, 3.63) is 157 Å². The molecule has 6 nitrogen and oxygen atoms in total. The molecule has 0 amide bonds. The Labute approximate surface area is 297 Å². The van der Waals surface area contributed by atoms with Crippen molar-refractivity contribution in [2.75, 3.05) is 0 Å². The summed E-state index contributed by atoms with van der Waals surface area (Å²) in [6.45, 7) is 8.77. The molecule has 0 atom stereocenters. The molecular formula is C45H36N4O2. The van der Waals surface area contributed by atoms with Crippen molar-refractivity contribution in [2.24, 2.45) is 0 Å². The maximum absolute atomic E-state index is 6.08. The lowest BCUT2D eigenvalue weighted by molar-refractivity contribution is 0.584. The molecule has 0 spiro atoms. The van der Waals surface area contributed by atoms with Gasteiger partial charge < -0.3 is 8.83 Å². The first kappa shape index (κ1) is 31.8. The standard InChI is InChI=1S/C45H36N4O2/c1-29-5-7-30(8-6-29)31-9-17-36(18-10-31)41-46-47-42(50-41)37-19-11-32(12-20-37)33-13-21-38(22-14-33)43-48-49-44(51-43)39-23-15-34(16-24-39)35-25-27-40(28-26-35)45(2,3)4/h5-28H,1-4H3. The highest BCUT2D eigenvalue weighted by molar-refractivity contribution is 5.72. The summed E-state index contributed by atoms with van der Waals surface area (Å²) in [5, 5.41) is 17.3. The SMILES string of the molecule is Cc1ccc(-c2ccc(-c3nnc(-c4ccc(-c5ccc(-c6nnc(-c7ccc(-c8ccc(C(C)(C)C)cc8)cc7)o6)cc5)cc4)o3)cc2)cc1. The minimum Gasteiger partial charge on any atom is -0.416 e. The Kier molecular flexibility index (Phi) is 8.20. The molecule has 248 valence electrons. The van der Waals surface area contributed by atoms with Gasteiger partial charge in [0.1, 0.15) is 0 Å². The van der Waals surface area contributed by atoms with Crippen LogP contribution in [0.3, 0.4) is 0 Å². The Morgan fingerprint density at radius 2 is 0.529 bits per heavy atom. The first-order valence-electron chi connectivity index (χ1n) is 17.0. The van der Waals surface area contributed by atoms with Crippen molar-refractivity contribution in [1.82, 2.24) is 20.4 Å². The summed E-state index contributed by atoms with van der Waals surface area (Å²) < 4.78 is 12.1. The molecule has 2 heterocycles. The van der Waals surface area contributed by atoms with E-state index in [0.29, 0.717) is 23.6 Å². The van der Waals surface area contributed by atoms with Gasteiger partial charge in [0, 0.05) is 22.3 Å². The lowest BCUT2D eigenvalue weighted by Gasteiger charge is -2.19. The van der Waals surface area contributed by atoms with E-state index in [4.69, 9.17) is 8.83 Å². The summed E-state index contributed by atoms with van der Waals surface area (Å²) in [7, 11) is 0. The third-order valence-corrected chi connectivity index (χ3v) is 9.18. The zero-order valence-corrected chi connectivity index (χ0v) is 29.0. The van der Waals surface area contributed by atoms with Gasteiger partial charge >= 0.3 is 0 Å². The maximum Gasteiger partial charge on any atom is 0.248 e. The van der Waals surface area contributed by atoms with Crippen molar-refractivity contribution in [3.8, 4) is 79.2 Å². The second-order valence-electron chi connectivity index (χ2n) is 13.8. The van der Waals surface area contributed by atoms with Crippen molar-refractivity contribution in [2.45, 2.75) is 33.1 Å². The van der Waals surface area contributed by atoms with Crippen LogP contribution in [0.2, 0.25) is 0 Å². The summed E-state index contributed by atoms with van der Waals surface area (Å²) in [5.41, 5.74) is 12.9. The number of aromatic nitrogens is 4. The van der Waals surface area contributed by atoms with Gasteiger partial charge in [0.15, 0.2) is 0 Å². The number of rotatable bonds is 7. The Morgan fingerprint density at radius 1 is 0.314 bits per heavy atom. The fraction of sp³-hybridized carbons (Fsp3) is 0.111. The molecule has 51 heavy (non-hydrogen) atoms. The van der Waals surface area contributed by atoms with E-state index in [9.17, 15) is 0 Å². The topological polar surface area (TPSA) is 77.8 Å². The molecule has 0 radical (unpaired) electrons. The molecule has 0 aliphatic heterocycles. The Hall–Kier alpha value is -6.40. The molecule has 6 aromatic carbocycles. The monoisotopic (exact) mass is 664 g/mol. The molecule has 0 aliphatic carbocycles. The Bertz CT molecular complexity index is 2400. The molecular weight excluding hydrogens is 629 g/mol. The first-order valence-corrected chi connectivity index (χ1v) is 17.0. The zero-order valence-electron chi connectivity index (χ0n) is 29.0. The molecule has 8 rings (SSSR count). The lowest BCUT2D eigenvalue weighted by Crippen LogP contribution is -2.10. The van der Waals surface area contributed by atoms with Crippen molar-refractivity contribution >= 4 is 0 Å². The largest absolute Gasteiger partial charge is 0.416 e.